The number of carbonyl (C=O) groups excluding carboxylic acids is 4. The number of hydrogen-bond donors (Lipinski definition) is 2. The minimum absolute atomic E-state index is 0. The molecule has 132 valence electrons. The number of phenolic OH excluding ortho intramolecular Hbond substituents is 2. The zero-order valence-electron chi connectivity index (χ0n) is 14.1. The van der Waals surface area contributed by atoms with Crippen molar-refractivity contribution in [2.75, 3.05) is 0 Å². The SMILES string of the molecule is CC(=O)c1c(O)c(C)c(O)c2c1OC1=CC(=O)C(C(C)=O)C(=O)C12C.[NaH]. The summed E-state index contributed by atoms with van der Waals surface area (Å²) in [4.78, 5) is 48.8. The van der Waals surface area contributed by atoms with Crippen molar-refractivity contribution in [1.29, 1.82) is 0 Å². The number of aromatic hydroxyl groups is 2. The van der Waals surface area contributed by atoms with E-state index in [0.717, 1.165) is 13.0 Å². The molecule has 0 fully saturated rings. The van der Waals surface area contributed by atoms with E-state index in [2.05, 4.69) is 0 Å². The van der Waals surface area contributed by atoms with Crippen LogP contribution in [0.25, 0.3) is 0 Å². The van der Waals surface area contributed by atoms with Gasteiger partial charge in [-0.2, -0.15) is 0 Å². The van der Waals surface area contributed by atoms with Crippen molar-refractivity contribution >= 4 is 52.7 Å². The second-order valence-electron chi connectivity index (χ2n) is 6.50. The number of ketones is 4. The Labute approximate surface area is 171 Å². The Morgan fingerprint density at radius 2 is 1.73 bits per heavy atom. The van der Waals surface area contributed by atoms with E-state index in [1.54, 1.807) is 0 Å². The van der Waals surface area contributed by atoms with Crippen LogP contribution in [0.2, 0.25) is 0 Å². The molecule has 0 saturated carbocycles. The first kappa shape index (κ1) is 20.4. The van der Waals surface area contributed by atoms with Gasteiger partial charge in [-0.25, -0.2) is 0 Å². The molecular weight excluding hydrogens is 351 g/mol. The fraction of sp³-hybridized carbons (Fsp3) is 0.333. The Balaban J connectivity index is 0.00000243. The summed E-state index contributed by atoms with van der Waals surface area (Å²) in [6.45, 7) is 5.17. The fourth-order valence-electron chi connectivity index (χ4n) is 3.49. The molecule has 2 atom stereocenters. The van der Waals surface area contributed by atoms with Gasteiger partial charge in [-0.3, -0.25) is 19.2 Å². The van der Waals surface area contributed by atoms with Gasteiger partial charge in [-0.05, 0) is 27.7 Å². The predicted octanol–water partition coefficient (Wildman–Crippen LogP) is 0.851. The first-order chi connectivity index (χ1) is 11.5. The van der Waals surface area contributed by atoms with Crippen molar-refractivity contribution in [3.8, 4) is 17.2 Å². The van der Waals surface area contributed by atoms with Gasteiger partial charge in [0.1, 0.15) is 45.7 Å². The Morgan fingerprint density at radius 3 is 2.23 bits per heavy atom. The molecule has 1 aromatic carbocycles. The number of fused-ring (bicyclic) bond motifs is 3. The van der Waals surface area contributed by atoms with E-state index < -0.39 is 46.0 Å². The zero-order valence-corrected chi connectivity index (χ0v) is 14.1. The van der Waals surface area contributed by atoms with E-state index in [4.69, 9.17) is 4.74 Å². The topological polar surface area (TPSA) is 118 Å². The van der Waals surface area contributed by atoms with E-state index in [1.165, 1.54) is 20.8 Å². The molecular formula is C18H17NaO7. The monoisotopic (exact) mass is 368 g/mol. The standard InChI is InChI=1S/C18H16O7.Na.H/c1-6-14(22)12(8(3)20)16-13(15(6)23)18(4)10(25-16)5-9(21)11(7(2)19)17(18)24;;/h5,11,22-23H,1-4H3;;. The summed E-state index contributed by atoms with van der Waals surface area (Å²) in [5.74, 6) is -5.15. The molecule has 2 aliphatic rings. The second-order valence-corrected chi connectivity index (χ2v) is 6.50. The number of ether oxygens (including phenoxy) is 1. The molecule has 2 unspecified atom stereocenters. The molecule has 8 heteroatoms. The molecule has 26 heavy (non-hydrogen) atoms. The van der Waals surface area contributed by atoms with Crippen LogP contribution in [-0.2, 0) is 19.8 Å². The number of carbonyl (C=O) groups is 4. The van der Waals surface area contributed by atoms with Crippen LogP contribution in [-0.4, -0.2) is 62.9 Å². The molecule has 0 radical (unpaired) electrons. The van der Waals surface area contributed by atoms with Gasteiger partial charge < -0.3 is 14.9 Å². The molecule has 1 aliphatic heterocycles. The Bertz CT molecular complexity index is 928. The first-order valence-electron chi connectivity index (χ1n) is 7.62. The summed E-state index contributed by atoms with van der Waals surface area (Å²) in [7, 11) is 0. The molecule has 0 spiro atoms. The third-order valence-corrected chi connectivity index (χ3v) is 4.91. The van der Waals surface area contributed by atoms with E-state index in [0.29, 0.717) is 0 Å². The van der Waals surface area contributed by atoms with Crippen LogP contribution >= 0.6 is 0 Å². The van der Waals surface area contributed by atoms with Gasteiger partial charge in [-0.15, -0.1) is 0 Å². The Morgan fingerprint density at radius 1 is 1.15 bits per heavy atom. The summed E-state index contributed by atoms with van der Waals surface area (Å²) in [5.41, 5.74) is -1.77. The fourth-order valence-corrected chi connectivity index (χ4v) is 3.49. The molecule has 3 rings (SSSR count). The van der Waals surface area contributed by atoms with Gasteiger partial charge in [0, 0.05) is 11.6 Å². The van der Waals surface area contributed by atoms with Gasteiger partial charge in [0.2, 0.25) is 0 Å². The van der Waals surface area contributed by atoms with Gasteiger partial charge in [0.05, 0.1) is 5.56 Å². The third-order valence-electron chi connectivity index (χ3n) is 4.91. The number of benzene rings is 1. The zero-order chi connectivity index (χ0) is 18.8. The number of rotatable bonds is 2. The third kappa shape index (κ3) is 2.38. The number of phenols is 2. The van der Waals surface area contributed by atoms with Gasteiger partial charge >= 0.3 is 29.6 Å². The quantitative estimate of drug-likeness (QED) is 0.451. The van der Waals surface area contributed by atoms with Crippen molar-refractivity contribution in [1.82, 2.24) is 0 Å². The van der Waals surface area contributed by atoms with Crippen molar-refractivity contribution < 1.29 is 34.1 Å². The van der Waals surface area contributed by atoms with Crippen molar-refractivity contribution in [3.63, 3.8) is 0 Å². The molecule has 0 saturated heterocycles. The number of Topliss-reactive ketones (excluding diaryl/α,β-unsaturated/α-hetero) is 3. The predicted molar refractivity (Wildman–Crippen MR) is 91.9 cm³/mol. The van der Waals surface area contributed by atoms with Gasteiger partial charge in [0.15, 0.2) is 17.3 Å². The van der Waals surface area contributed by atoms with E-state index in [9.17, 15) is 29.4 Å². The maximum atomic E-state index is 13.0. The first-order valence-corrected chi connectivity index (χ1v) is 7.62. The average molecular weight is 368 g/mol. The Hall–Kier alpha value is -1.96. The van der Waals surface area contributed by atoms with Gasteiger partial charge in [0.25, 0.3) is 0 Å². The number of hydrogen-bond acceptors (Lipinski definition) is 7. The molecule has 7 nitrogen and oxygen atoms in total. The van der Waals surface area contributed by atoms with Crippen molar-refractivity contribution in [2.24, 2.45) is 5.92 Å². The average Bonchev–Trinajstić information content (AvgIpc) is 2.78. The van der Waals surface area contributed by atoms with Crippen LogP contribution in [0, 0.1) is 12.8 Å². The van der Waals surface area contributed by atoms with E-state index in [-0.39, 0.29) is 57.8 Å². The van der Waals surface area contributed by atoms with Crippen LogP contribution in [0.4, 0.5) is 0 Å². The summed E-state index contributed by atoms with van der Waals surface area (Å²) in [5, 5.41) is 20.7. The molecule has 0 amide bonds. The normalized spacial score (nSPS) is 23.4. The van der Waals surface area contributed by atoms with Gasteiger partial charge in [-0.1, -0.05) is 0 Å². The van der Waals surface area contributed by atoms with Crippen LogP contribution in [0.1, 0.15) is 42.3 Å². The van der Waals surface area contributed by atoms with Crippen LogP contribution in [0.3, 0.4) is 0 Å². The Kier molecular flexibility index (Phi) is 4.96. The maximum absolute atomic E-state index is 13.0. The molecule has 2 N–H and O–H groups in total. The number of allylic oxidation sites excluding steroid dienone is 2. The van der Waals surface area contributed by atoms with Crippen LogP contribution in [0.15, 0.2) is 11.8 Å². The minimum atomic E-state index is -1.59. The molecule has 0 aromatic heterocycles. The van der Waals surface area contributed by atoms with Crippen molar-refractivity contribution in [3.05, 3.63) is 28.5 Å². The molecule has 1 aromatic rings. The summed E-state index contributed by atoms with van der Waals surface area (Å²) in [6.07, 6.45) is 1.04. The van der Waals surface area contributed by atoms with Crippen molar-refractivity contribution in [2.45, 2.75) is 33.1 Å². The van der Waals surface area contributed by atoms with E-state index in [1.807, 2.05) is 0 Å². The molecule has 1 heterocycles. The molecule has 1 aliphatic carbocycles. The summed E-state index contributed by atoms with van der Waals surface area (Å²) < 4.78 is 5.56. The van der Waals surface area contributed by atoms with Crippen LogP contribution < -0.4 is 4.74 Å². The summed E-state index contributed by atoms with van der Waals surface area (Å²) in [6, 6.07) is 0. The van der Waals surface area contributed by atoms with Crippen LogP contribution in [0.5, 0.6) is 17.2 Å². The second kappa shape index (κ2) is 6.33. The van der Waals surface area contributed by atoms with E-state index >= 15 is 0 Å². The molecule has 0 bridgehead atoms. The summed E-state index contributed by atoms with van der Waals surface area (Å²) >= 11 is 0.